The molecule has 1 aromatic rings. The topological polar surface area (TPSA) is 107 Å². The molecule has 1 rings (SSSR count). The summed E-state index contributed by atoms with van der Waals surface area (Å²) in [6.45, 7) is -0.803. The monoisotopic (exact) mass is 541 g/mol. The van der Waals surface area contributed by atoms with Crippen molar-refractivity contribution in [3.8, 4) is 5.75 Å². The Morgan fingerprint density at radius 2 is 1.91 bits per heavy atom. The van der Waals surface area contributed by atoms with E-state index >= 15 is 0 Å². The molecule has 1 unspecified atom stereocenters. The van der Waals surface area contributed by atoms with E-state index in [2.05, 4.69) is 4.74 Å². The van der Waals surface area contributed by atoms with Gasteiger partial charge in [-0.25, -0.2) is 4.79 Å². The van der Waals surface area contributed by atoms with Gasteiger partial charge >= 0.3 is 11.9 Å². The summed E-state index contributed by atoms with van der Waals surface area (Å²) in [5.41, 5.74) is -3.45. The predicted octanol–water partition coefficient (Wildman–Crippen LogP) is 0.894. The van der Waals surface area contributed by atoms with Gasteiger partial charge < -0.3 is 24.9 Å². The minimum atomic E-state index is -4.62. The molecule has 0 saturated carbocycles. The lowest BCUT2D eigenvalue weighted by Crippen LogP contribution is -2.59. The molecule has 0 radical (unpaired) electrons. The Morgan fingerprint density at radius 3 is 2.41 bits per heavy atom. The highest BCUT2D eigenvalue weighted by Crippen LogP contribution is 2.30. The first-order chi connectivity index (χ1) is 9.90. The number of carboxylic acid groups (broad SMARTS) is 1. The maximum absolute atomic E-state index is 13.2. The van der Waals surface area contributed by atoms with Crippen LogP contribution in [0.15, 0.2) is 12.1 Å². The van der Waals surface area contributed by atoms with Crippen LogP contribution in [0.5, 0.6) is 5.75 Å². The second-order valence-corrected chi connectivity index (χ2v) is 6.90. The fourth-order valence-electron chi connectivity index (χ4n) is 1.32. The van der Waals surface area contributed by atoms with Crippen molar-refractivity contribution in [2.75, 3.05) is 6.61 Å². The van der Waals surface area contributed by atoms with Crippen LogP contribution >= 0.6 is 45.2 Å². The molecule has 1 aromatic carbocycles. The van der Waals surface area contributed by atoms with Crippen LogP contribution in [0.3, 0.4) is 0 Å². The maximum atomic E-state index is 13.2. The summed E-state index contributed by atoms with van der Waals surface area (Å²) in [5.74, 6) is -8.99. The zero-order chi connectivity index (χ0) is 17.3. The number of carbonyl (C=O) groups is 2. The normalized spacial score (nSPS) is 14.3. The van der Waals surface area contributed by atoms with Gasteiger partial charge in [-0.15, -0.1) is 0 Å². The number of rotatable bonds is 5. The fourth-order valence-corrected chi connectivity index (χ4v) is 3.16. The number of ether oxygens (including phenoxy) is 1. The van der Waals surface area contributed by atoms with Gasteiger partial charge in [-0.3, -0.25) is 0 Å². The molecule has 2 N–H and O–H groups in total. The first kappa shape index (κ1) is 19.3. The van der Waals surface area contributed by atoms with Crippen LogP contribution in [0.25, 0.3) is 0 Å². The van der Waals surface area contributed by atoms with Crippen LogP contribution in [-0.4, -0.2) is 40.3 Å². The van der Waals surface area contributed by atoms with E-state index in [9.17, 15) is 33.7 Å². The summed E-state index contributed by atoms with van der Waals surface area (Å²) in [7, 11) is 0. The smallest absolute Gasteiger partial charge is 0.342 e. The molecule has 22 heavy (non-hydrogen) atoms. The predicted molar refractivity (Wildman–Crippen MR) is 84.4 cm³/mol. The van der Waals surface area contributed by atoms with E-state index in [1.165, 1.54) is 6.07 Å². The lowest BCUT2D eigenvalue weighted by Gasteiger charge is -2.32. The van der Waals surface area contributed by atoms with Crippen LogP contribution < -0.4 is 5.11 Å². The molecule has 0 aliphatic rings. The summed E-state index contributed by atoms with van der Waals surface area (Å²) >= 11 is 3.63. The van der Waals surface area contributed by atoms with Crippen LogP contribution in [0.2, 0.25) is 0 Å². The Kier molecular flexibility index (Phi) is 5.94. The van der Waals surface area contributed by atoms with Gasteiger partial charge in [0, 0.05) is 3.57 Å². The first-order valence-corrected chi connectivity index (χ1v) is 7.72. The average molecular weight is 541 g/mol. The summed E-state index contributed by atoms with van der Waals surface area (Å²) < 4.78 is 31.9. The van der Waals surface area contributed by atoms with Gasteiger partial charge in [0.05, 0.1) is 3.57 Å². The second-order valence-electron chi connectivity index (χ2n) is 4.50. The van der Waals surface area contributed by atoms with E-state index in [4.69, 9.17) is 0 Å². The molecule has 0 bridgehead atoms. The zero-order valence-electron chi connectivity index (χ0n) is 10.9. The van der Waals surface area contributed by atoms with Crippen molar-refractivity contribution in [1.29, 1.82) is 0 Å². The molecule has 10 heteroatoms. The molecule has 0 heterocycles. The van der Waals surface area contributed by atoms with Crippen molar-refractivity contribution in [3.63, 3.8) is 0 Å². The van der Waals surface area contributed by atoms with Gasteiger partial charge in [-0.1, -0.05) is 0 Å². The van der Waals surface area contributed by atoms with Gasteiger partial charge in [-0.2, -0.15) is 8.78 Å². The van der Waals surface area contributed by atoms with Gasteiger partial charge in [0.25, 0.3) is 0 Å². The van der Waals surface area contributed by atoms with E-state index in [0.717, 1.165) is 0 Å². The number of carboxylic acids is 1. The van der Waals surface area contributed by atoms with Crippen LogP contribution in [-0.2, 0) is 9.53 Å². The molecule has 0 amide bonds. The number of alkyl halides is 2. The minimum absolute atomic E-state index is 0.288. The molecule has 0 aromatic heterocycles. The number of hydrogen-bond acceptors (Lipinski definition) is 6. The second kappa shape index (κ2) is 6.78. The van der Waals surface area contributed by atoms with E-state index in [0.29, 0.717) is 14.1 Å². The van der Waals surface area contributed by atoms with Crippen molar-refractivity contribution in [2.24, 2.45) is 0 Å². The first-order valence-electron chi connectivity index (χ1n) is 5.57. The Labute approximate surface area is 150 Å². The summed E-state index contributed by atoms with van der Waals surface area (Å²) in [6.07, 6.45) is 0. The molecule has 0 spiro atoms. The van der Waals surface area contributed by atoms with E-state index in [-0.39, 0.29) is 5.56 Å². The number of phenols is 1. The SMILES string of the molecule is CC(O)(COC(=O)c1cc(I)cc(I)c1O)C(F)(F)C(=O)[O-]. The molecule has 0 fully saturated rings. The van der Waals surface area contributed by atoms with E-state index in [1.807, 2.05) is 22.6 Å². The Bertz CT molecular complexity index is 618. The minimum Gasteiger partial charge on any atom is -0.544 e. The van der Waals surface area contributed by atoms with Gasteiger partial charge in [0.2, 0.25) is 0 Å². The summed E-state index contributed by atoms with van der Waals surface area (Å²) in [6, 6.07) is 2.82. The highest BCUT2D eigenvalue weighted by atomic mass is 127. The Balaban J connectivity index is 2.94. The summed E-state index contributed by atoms with van der Waals surface area (Å²) in [5, 5.41) is 29.5. The number of esters is 1. The summed E-state index contributed by atoms with van der Waals surface area (Å²) in [4.78, 5) is 22.1. The van der Waals surface area contributed by atoms with Crippen LogP contribution in [0.1, 0.15) is 17.3 Å². The Morgan fingerprint density at radius 1 is 1.36 bits per heavy atom. The third-order valence-electron chi connectivity index (χ3n) is 2.67. The highest BCUT2D eigenvalue weighted by molar-refractivity contribution is 14.1. The molecule has 122 valence electrons. The molecule has 0 aliphatic carbocycles. The van der Waals surface area contributed by atoms with Crippen molar-refractivity contribution in [2.45, 2.75) is 18.4 Å². The maximum Gasteiger partial charge on any atom is 0.342 e. The lowest BCUT2D eigenvalue weighted by atomic mass is 9.99. The number of aromatic hydroxyl groups is 1. The number of phenolic OH excluding ortho intramolecular Hbond substituents is 1. The number of benzene rings is 1. The molecular weight excluding hydrogens is 532 g/mol. The lowest BCUT2D eigenvalue weighted by molar-refractivity contribution is -0.344. The van der Waals surface area contributed by atoms with Gasteiger partial charge in [0.1, 0.15) is 23.9 Å². The number of carbonyl (C=O) groups excluding carboxylic acids is 2. The highest BCUT2D eigenvalue weighted by Gasteiger charge is 2.51. The standard InChI is InChI=1S/C12H10F2I2O6/c1-11(21,12(13,14)10(19)20)4-22-9(18)6-2-5(15)3-7(16)8(6)17/h2-3,17,21H,4H2,1H3,(H,19,20)/p-1. The van der Waals surface area contributed by atoms with Gasteiger partial charge in [-0.05, 0) is 64.2 Å². The number of halogens is 4. The zero-order valence-corrected chi connectivity index (χ0v) is 15.2. The van der Waals surface area contributed by atoms with E-state index in [1.54, 1.807) is 28.7 Å². The molecule has 0 aliphatic heterocycles. The van der Waals surface area contributed by atoms with Crippen molar-refractivity contribution < 1.29 is 38.4 Å². The molecular formula is C12H9F2I2O6-. The van der Waals surface area contributed by atoms with Crippen molar-refractivity contribution >= 4 is 57.1 Å². The van der Waals surface area contributed by atoms with Gasteiger partial charge in [0.15, 0.2) is 5.60 Å². The number of aliphatic hydroxyl groups is 1. The average Bonchev–Trinajstić information content (AvgIpc) is 2.39. The molecule has 1 atom stereocenters. The Hall–Kier alpha value is -0.760. The number of aliphatic carboxylic acids is 1. The molecule has 0 saturated heterocycles. The largest absolute Gasteiger partial charge is 0.544 e. The number of hydrogen-bond donors (Lipinski definition) is 2. The molecule has 6 nitrogen and oxygen atoms in total. The third kappa shape index (κ3) is 3.95. The van der Waals surface area contributed by atoms with Crippen LogP contribution in [0, 0.1) is 7.14 Å². The third-order valence-corrected chi connectivity index (χ3v) is 4.11. The van der Waals surface area contributed by atoms with Crippen molar-refractivity contribution in [1.82, 2.24) is 0 Å². The quantitative estimate of drug-likeness (QED) is 0.424. The van der Waals surface area contributed by atoms with Crippen LogP contribution in [0.4, 0.5) is 8.78 Å². The van der Waals surface area contributed by atoms with Crippen molar-refractivity contribution in [3.05, 3.63) is 24.8 Å². The fraction of sp³-hybridized carbons (Fsp3) is 0.333. The van der Waals surface area contributed by atoms with E-state index < -0.39 is 35.8 Å².